The van der Waals surface area contributed by atoms with Gasteiger partial charge in [0.2, 0.25) is 0 Å². The lowest BCUT2D eigenvalue weighted by Crippen LogP contribution is -2.30. The van der Waals surface area contributed by atoms with Crippen molar-refractivity contribution in [2.75, 3.05) is 14.2 Å². The molecule has 1 aliphatic rings. The van der Waals surface area contributed by atoms with E-state index in [0.29, 0.717) is 18.4 Å². The highest BCUT2D eigenvalue weighted by molar-refractivity contribution is 6.13. The van der Waals surface area contributed by atoms with E-state index in [1.54, 1.807) is 6.07 Å². The van der Waals surface area contributed by atoms with Crippen LogP contribution in [0.3, 0.4) is 0 Å². The van der Waals surface area contributed by atoms with Crippen LogP contribution in [-0.4, -0.2) is 31.9 Å². The molecule has 5 nitrogen and oxygen atoms in total. The quantitative estimate of drug-likeness (QED) is 0.782. The predicted molar refractivity (Wildman–Crippen MR) is 75.6 cm³/mol. The molecule has 5 heteroatoms. The molecule has 0 N–H and O–H groups in total. The molecular formula is C16H18O5. The summed E-state index contributed by atoms with van der Waals surface area (Å²) in [6.45, 7) is 4.00. The second-order valence-corrected chi connectivity index (χ2v) is 5.95. The Morgan fingerprint density at radius 3 is 2.24 bits per heavy atom. The lowest BCUT2D eigenvalue weighted by molar-refractivity contribution is 0.0552. The number of ketones is 1. The third-order valence-electron chi connectivity index (χ3n) is 3.67. The van der Waals surface area contributed by atoms with Crippen molar-refractivity contribution in [2.24, 2.45) is 5.41 Å². The van der Waals surface area contributed by atoms with Crippen LogP contribution in [0.25, 0.3) is 0 Å². The number of hydrogen-bond donors (Lipinski definition) is 0. The van der Waals surface area contributed by atoms with Crippen molar-refractivity contribution in [1.82, 2.24) is 0 Å². The number of rotatable bonds is 2. The minimum atomic E-state index is -0.694. The molecule has 2 rings (SSSR count). The monoisotopic (exact) mass is 290 g/mol. The lowest BCUT2D eigenvalue weighted by Gasteiger charge is -2.31. The average molecular weight is 290 g/mol. The van der Waals surface area contributed by atoms with Crippen molar-refractivity contribution in [3.63, 3.8) is 0 Å². The maximum atomic E-state index is 12.4. The Morgan fingerprint density at radius 2 is 1.67 bits per heavy atom. The Bertz CT molecular complexity index is 628. The molecule has 0 heterocycles. The van der Waals surface area contributed by atoms with Crippen LogP contribution in [0.15, 0.2) is 12.1 Å². The van der Waals surface area contributed by atoms with Gasteiger partial charge in [-0.25, -0.2) is 9.59 Å². The molecule has 0 unspecified atom stereocenters. The van der Waals surface area contributed by atoms with Gasteiger partial charge in [0, 0.05) is 12.0 Å². The van der Waals surface area contributed by atoms with Crippen LogP contribution in [0.4, 0.5) is 0 Å². The summed E-state index contributed by atoms with van der Waals surface area (Å²) in [4.78, 5) is 36.3. The minimum absolute atomic E-state index is 0.0161. The standard InChI is InChI=1S/C16H18O5/c1-16(2)7-9-5-6-10(14(18)20-3)13(15(19)21-4)12(9)11(17)8-16/h5-6H,7-8H2,1-4H3. The van der Waals surface area contributed by atoms with Gasteiger partial charge in [0.15, 0.2) is 5.78 Å². The van der Waals surface area contributed by atoms with Crippen molar-refractivity contribution < 1.29 is 23.9 Å². The van der Waals surface area contributed by atoms with Gasteiger partial charge in [0.25, 0.3) is 0 Å². The van der Waals surface area contributed by atoms with Gasteiger partial charge in [-0.15, -0.1) is 0 Å². The molecule has 0 spiro atoms. The third-order valence-corrected chi connectivity index (χ3v) is 3.67. The maximum Gasteiger partial charge on any atom is 0.339 e. The Labute approximate surface area is 123 Å². The smallest absolute Gasteiger partial charge is 0.339 e. The van der Waals surface area contributed by atoms with E-state index in [0.717, 1.165) is 5.56 Å². The number of carbonyl (C=O) groups is 3. The number of benzene rings is 1. The van der Waals surface area contributed by atoms with E-state index in [-0.39, 0.29) is 22.3 Å². The van der Waals surface area contributed by atoms with Crippen molar-refractivity contribution in [2.45, 2.75) is 26.7 Å². The fraction of sp³-hybridized carbons (Fsp3) is 0.438. The van der Waals surface area contributed by atoms with Crippen LogP contribution in [0, 0.1) is 5.41 Å². The first-order valence-corrected chi connectivity index (χ1v) is 6.66. The minimum Gasteiger partial charge on any atom is -0.465 e. The van der Waals surface area contributed by atoms with E-state index in [1.807, 2.05) is 13.8 Å². The summed E-state index contributed by atoms with van der Waals surface area (Å²) >= 11 is 0. The van der Waals surface area contributed by atoms with E-state index < -0.39 is 11.9 Å². The van der Waals surface area contributed by atoms with Crippen molar-refractivity contribution in [1.29, 1.82) is 0 Å². The Hall–Kier alpha value is -2.17. The van der Waals surface area contributed by atoms with Gasteiger partial charge in [-0.2, -0.15) is 0 Å². The van der Waals surface area contributed by atoms with Crippen LogP contribution < -0.4 is 0 Å². The molecule has 1 aromatic rings. The van der Waals surface area contributed by atoms with E-state index in [4.69, 9.17) is 4.74 Å². The molecule has 1 aliphatic carbocycles. The van der Waals surface area contributed by atoms with Crippen LogP contribution in [0.2, 0.25) is 0 Å². The molecule has 1 aromatic carbocycles. The summed E-state index contributed by atoms with van der Waals surface area (Å²) in [5, 5.41) is 0. The van der Waals surface area contributed by atoms with E-state index in [1.165, 1.54) is 20.3 Å². The van der Waals surface area contributed by atoms with Crippen LogP contribution >= 0.6 is 0 Å². The Morgan fingerprint density at radius 1 is 1.05 bits per heavy atom. The van der Waals surface area contributed by atoms with Crippen molar-refractivity contribution in [3.8, 4) is 0 Å². The number of esters is 2. The number of hydrogen-bond acceptors (Lipinski definition) is 5. The zero-order chi connectivity index (χ0) is 15.8. The van der Waals surface area contributed by atoms with Crippen molar-refractivity contribution in [3.05, 3.63) is 34.4 Å². The molecule has 0 saturated heterocycles. The third kappa shape index (κ3) is 2.68. The maximum absolute atomic E-state index is 12.4. The zero-order valence-electron chi connectivity index (χ0n) is 12.6. The molecule has 0 bridgehead atoms. The average Bonchev–Trinajstić information content (AvgIpc) is 2.43. The van der Waals surface area contributed by atoms with Gasteiger partial charge in [-0.3, -0.25) is 4.79 Å². The fourth-order valence-corrected chi connectivity index (χ4v) is 2.81. The highest BCUT2D eigenvalue weighted by Crippen LogP contribution is 2.37. The van der Waals surface area contributed by atoms with Crippen LogP contribution in [0.5, 0.6) is 0 Å². The van der Waals surface area contributed by atoms with Crippen LogP contribution in [-0.2, 0) is 15.9 Å². The second kappa shape index (κ2) is 5.31. The molecule has 0 aliphatic heterocycles. The van der Waals surface area contributed by atoms with Crippen LogP contribution in [0.1, 0.15) is 56.9 Å². The first kappa shape index (κ1) is 15.2. The predicted octanol–water partition coefficient (Wildman–Crippen LogP) is 2.41. The molecule has 0 radical (unpaired) electrons. The van der Waals surface area contributed by atoms with Gasteiger partial charge in [0.1, 0.15) is 0 Å². The van der Waals surface area contributed by atoms with Crippen molar-refractivity contribution >= 4 is 17.7 Å². The number of ether oxygens (including phenoxy) is 2. The highest BCUT2D eigenvalue weighted by atomic mass is 16.5. The van der Waals surface area contributed by atoms with Gasteiger partial charge < -0.3 is 9.47 Å². The molecule has 0 amide bonds. The van der Waals surface area contributed by atoms with Gasteiger partial charge in [-0.05, 0) is 23.5 Å². The first-order valence-electron chi connectivity index (χ1n) is 6.66. The number of carbonyl (C=O) groups excluding carboxylic acids is 3. The molecule has 0 aromatic heterocycles. The number of Topliss-reactive ketones (excluding diaryl/α,β-unsaturated/α-hetero) is 1. The highest BCUT2D eigenvalue weighted by Gasteiger charge is 2.36. The van der Waals surface area contributed by atoms with E-state index in [9.17, 15) is 14.4 Å². The largest absolute Gasteiger partial charge is 0.465 e. The SMILES string of the molecule is COC(=O)c1ccc2c(c1C(=O)OC)C(=O)CC(C)(C)C2. The zero-order valence-corrected chi connectivity index (χ0v) is 12.6. The second-order valence-electron chi connectivity index (χ2n) is 5.95. The summed E-state index contributed by atoms with van der Waals surface area (Å²) < 4.78 is 9.42. The van der Waals surface area contributed by atoms with Gasteiger partial charge in [0.05, 0.1) is 25.3 Å². The van der Waals surface area contributed by atoms with Gasteiger partial charge >= 0.3 is 11.9 Å². The molecule has 21 heavy (non-hydrogen) atoms. The molecule has 0 fully saturated rings. The van der Waals surface area contributed by atoms with E-state index >= 15 is 0 Å². The lowest BCUT2D eigenvalue weighted by atomic mass is 9.72. The molecular weight excluding hydrogens is 272 g/mol. The Kier molecular flexibility index (Phi) is 3.85. The summed E-state index contributed by atoms with van der Waals surface area (Å²) in [6.07, 6.45) is 0.994. The molecule has 0 saturated carbocycles. The normalized spacial score (nSPS) is 16.1. The Balaban J connectivity index is 2.71. The number of methoxy groups -OCH3 is 2. The summed E-state index contributed by atoms with van der Waals surface area (Å²) in [7, 11) is 2.45. The number of fused-ring (bicyclic) bond motifs is 1. The van der Waals surface area contributed by atoms with Gasteiger partial charge in [-0.1, -0.05) is 19.9 Å². The first-order chi connectivity index (χ1) is 9.80. The molecule has 0 atom stereocenters. The fourth-order valence-electron chi connectivity index (χ4n) is 2.81. The topological polar surface area (TPSA) is 69.7 Å². The summed E-state index contributed by atoms with van der Waals surface area (Å²) in [5.41, 5.74) is 0.983. The summed E-state index contributed by atoms with van der Waals surface area (Å²) in [5.74, 6) is -1.50. The molecule has 112 valence electrons. The van der Waals surface area contributed by atoms with E-state index in [2.05, 4.69) is 4.74 Å². The summed E-state index contributed by atoms with van der Waals surface area (Å²) in [6, 6.07) is 3.23.